The monoisotopic (exact) mass is 2010 g/mol. The van der Waals surface area contributed by atoms with Crippen LogP contribution < -0.4 is 26.0 Å². The lowest BCUT2D eigenvalue weighted by Crippen LogP contribution is -2.48. The Bertz CT molecular complexity index is 4490. The van der Waals surface area contributed by atoms with Crippen molar-refractivity contribution in [2.45, 2.75) is 479 Å². The Morgan fingerprint density at radius 3 is 0.888 bits per heavy atom. The number of likely N-dealkylation sites (tertiary alicyclic amines) is 4. The van der Waals surface area contributed by atoms with Crippen LogP contribution in [0.1, 0.15) is 388 Å². The Morgan fingerprint density at radius 1 is 0.308 bits per heavy atom. The third-order valence-corrected chi connectivity index (χ3v) is 35.9. The molecule has 3 saturated carbocycles. The molecule has 0 bridgehead atoms. The minimum absolute atomic E-state index is 0.0215. The summed E-state index contributed by atoms with van der Waals surface area (Å²) in [7, 11) is 14.9. The van der Waals surface area contributed by atoms with Gasteiger partial charge in [-0.25, -0.2) is 4.79 Å². The lowest BCUT2D eigenvalue weighted by atomic mass is 9.82. The smallest absolute Gasteiger partial charge is 0.337 e. The van der Waals surface area contributed by atoms with Crippen molar-refractivity contribution >= 4 is 58.5 Å². The fourth-order valence-electron chi connectivity index (χ4n) is 25.5. The molecule has 0 amide bonds. The van der Waals surface area contributed by atoms with Gasteiger partial charge in [0.25, 0.3) is 0 Å². The number of benzene rings is 2. The standard InChI is InChI=1S/C22H27NO4.C18H31NO4.C18H33NO2.C17H31NO2.C12H23NO2.C11H21NO2.C10H21NO.C9H19NO/c1-21(2)13-18(22(3,4)23(21)5)20(25)27-17-10-9-14-11-16(19(24)26-6)8-7-15(14)12-17;1-17(2)10-14(18(3,4)19-17)11-23-16(21)13-8-6-12(7-9-13)15(20)22-5;1-13-7-9-14(10-8-13)16(20)21-12-15-11-17(2,3)19(6)18(15,4)5;1-12-6-8-13(9-7-12)15(19)20-11-14-10-16(2,3)18-17(14,4)5;1-9(14)15-8-10-7-11(2,3)13(6)12(10,4)5;1-8(13)14-7-9-6-10(2,3)12-11(9,4)5;1-9(2)7-8(12-6)10(3,4)11(9)5;1-8(2)6-7(11-5)9(3,4)10-8/h7-12,18H,13H2,1-6H3;12-14,19H,6-11H2,1-5H3;13-15H,7-12H2,1-6H3;12-14,18H,6-11H2,1-5H3;10H,7-8H2,1-6H3;9,12H,6-7H2,1-5H3;8H,7H2,1-6H3;7,10H,6H2,1-5H3. The SMILES string of the molecule is CC(=O)OCC1CC(C)(C)N(C)C1(C)C.CC(=O)OCC1CC(C)(C)NC1(C)C.CC1CCC(C(=O)OCC2CC(C)(C)N(C)C2(C)C)CC1.CC1CCC(C(=O)OCC2CC(C)(C)NC2(C)C)CC1.COC(=O)C1CCC(C(=O)OCC2CC(C)(C)NC2(C)C)CC1.COC(=O)c1ccc2cc(OC(=O)C3CC(C)(C)N(C)C3(C)C)ccc2c1.COC1CC(C)(C)N(C)C1(C)C.COC1CC(C)(C)NC1(C)C. The van der Waals surface area contributed by atoms with Crippen LogP contribution in [0.4, 0.5) is 0 Å². The predicted molar refractivity (Wildman–Crippen MR) is 575 cm³/mol. The van der Waals surface area contributed by atoms with E-state index in [0.717, 1.165) is 125 Å². The van der Waals surface area contributed by atoms with Crippen LogP contribution >= 0.6 is 0 Å². The van der Waals surface area contributed by atoms with Gasteiger partial charge >= 0.3 is 47.8 Å². The maximum absolute atomic E-state index is 12.9. The number of carbonyl (C=O) groups is 8. The number of methoxy groups -OCH3 is 4. The molecule has 8 atom stereocenters. The molecule has 8 saturated heterocycles. The Labute approximate surface area is 867 Å². The predicted octanol–water partition coefficient (Wildman–Crippen LogP) is 21.3. The van der Waals surface area contributed by atoms with E-state index in [-0.39, 0.29) is 166 Å². The second-order valence-corrected chi connectivity index (χ2v) is 54.3. The summed E-state index contributed by atoms with van der Waals surface area (Å²) in [5.74, 6) is 2.90. The molecule has 0 radical (unpaired) electrons. The van der Waals surface area contributed by atoms with E-state index in [1.54, 1.807) is 25.3 Å². The highest BCUT2D eigenvalue weighted by Crippen LogP contribution is 2.49. The van der Waals surface area contributed by atoms with E-state index >= 15 is 0 Å². The van der Waals surface area contributed by atoms with Crippen molar-refractivity contribution < 1.29 is 85.7 Å². The molecule has 8 aliphatic heterocycles. The van der Waals surface area contributed by atoms with Crippen LogP contribution in [0.5, 0.6) is 5.75 Å². The molecule has 3 aliphatic carbocycles. The van der Waals surface area contributed by atoms with Gasteiger partial charge in [0.2, 0.25) is 0 Å². The molecule has 26 heteroatoms. The fourth-order valence-corrected chi connectivity index (χ4v) is 25.5. The van der Waals surface area contributed by atoms with Crippen molar-refractivity contribution in [3.05, 3.63) is 42.0 Å². The second-order valence-electron chi connectivity index (χ2n) is 54.3. The molecular weight excluding hydrogens is 1810 g/mol. The van der Waals surface area contributed by atoms with Crippen molar-refractivity contribution in [2.24, 2.45) is 71.0 Å². The number of esters is 8. The number of rotatable bonds is 19. The van der Waals surface area contributed by atoms with Crippen LogP contribution in [0.3, 0.4) is 0 Å². The van der Waals surface area contributed by atoms with Crippen molar-refractivity contribution in [3.63, 3.8) is 0 Å². The summed E-state index contributed by atoms with van der Waals surface area (Å²) in [6.07, 6.45) is 20.6. The normalized spacial score (nSPS) is 30.8. The molecule has 4 N–H and O–H groups in total. The lowest BCUT2D eigenvalue weighted by Gasteiger charge is -2.38. The first-order valence-corrected chi connectivity index (χ1v) is 54.0. The van der Waals surface area contributed by atoms with Crippen molar-refractivity contribution in [1.29, 1.82) is 0 Å². The van der Waals surface area contributed by atoms with Gasteiger partial charge in [-0.3, -0.25) is 53.2 Å². The Kier molecular flexibility index (Phi) is 43.1. The summed E-state index contributed by atoms with van der Waals surface area (Å²) in [6, 6.07) is 10.7. The number of nitrogens with one attached hydrogen (secondary N) is 4. The minimum atomic E-state index is -0.373. The van der Waals surface area contributed by atoms with E-state index < -0.39 is 0 Å². The molecule has 2 aromatic carbocycles. The van der Waals surface area contributed by atoms with Gasteiger partial charge in [-0.15, -0.1) is 0 Å². The number of ether oxygens (including phenoxy) is 10. The molecule has 8 heterocycles. The van der Waals surface area contributed by atoms with E-state index in [2.05, 4.69) is 304 Å². The van der Waals surface area contributed by atoms with Gasteiger partial charge in [-0.2, -0.15) is 0 Å². The first-order valence-electron chi connectivity index (χ1n) is 54.0. The lowest BCUT2D eigenvalue weighted by molar-refractivity contribution is -0.155. The third kappa shape index (κ3) is 34.3. The molecule has 822 valence electrons. The number of fused-ring (bicyclic) bond motifs is 1. The van der Waals surface area contributed by atoms with Gasteiger partial charge in [-0.05, 0) is 425 Å². The van der Waals surface area contributed by atoms with Gasteiger partial charge < -0.3 is 68.6 Å². The van der Waals surface area contributed by atoms with Gasteiger partial charge in [-0.1, -0.05) is 26.0 Å². The first-order chi connectivity index (χ1) is 65.1. The van der Waals surface area contributed by atoms with Crippen LogP contribution in [0.15, 0.2) is 36.4 Å². The first kappa shape index (κ1) is 126. The highest BCUT2D eigenvalue weighted by molar-refractivity contribution is 5.96. The van der Waals surface area contributed by atoms with Crippen LogP contribution in [0.2, 0.25) is 0 Å². The summed E-state index contributed by atoms with van der Waals surface area (Å²) >= 11 is 0. The molecule has 8 unspecified atom stereocenters. The minimum Gasteiger partial charge on any atom is -0.469 e. The average Bonchev–Trinajstić information content (AvgIpc) is 1.76. The van der Waals surface area contributed by atoms with Gasteiger partial charge in [0.15, 0.2) is 0 Å². The van der Waals surface area contributed by atoms with E-state index in [1.807, 2.05) is 25.3 Å². The topological polar surface area (TPSA) is 290 Å². The average molecular weight is 2010 g/mol. The van der Waals surface area contributed by atoms with E-state index in [4.69, 9.17) is 47.4 Å². The largest absolute Gasteiger partial charge is 0.469 e. The maximum atomic E-state index is 12.9. The number of likely N-dealkylation sites (N-methyl/N-ethyl adjacent to an activating group) is 1. The zero-order valence-corrected chi connectivity index (χ0v) is 98.4. The van der Waals surface area contributed by atoms with Crippen molar-refractivity contribution in [2.75, 3.05) is 89.7 Å². The molecule has 143 heavy (non-hydrogen) atoms. The summed E-state index contributed by atoms with van der Waals surface area (Å²) in [5, 5.41) is 16.1. The molecule has 2 aromatic rings. The van der Waals surface area contributed by atoms with Crippen LogP contribution in [-0.2, 0) is 76.2 Å². The third-order valence-electron chi connectivity index (χ3n) is 35.9. The highest BCUT2D eigenvalue weighted by atomic mass is 16.6. The summed E-state index contributed by atoms with van der Waals surface area (Å²) in [5.41, 5.74) is 1.95. The number of carbonyl (C=O) groups excluding carboxylic acids is 8. The fraction of sp³-hybridized carbons (Fsp3) is 0.846. The van der Waals surface area contributed by atoms with Gasteiger partial charge in [0.05, 0.1) is 94.6 Å². The zero-order chi connectivity index (χ0) is 109. The molecule has 0 aromatic heterocycles. The molecular formula is C117H206N8O18. The summed E-state index contributed by atoms with van der Waals surface area (Å²) in [4.78, 5) is 104. The van der Waals surface area contributed by atoms with Crippen LogP contribution in [0.25, 0.3) is 10.8 Å². The number of hydrogen-bond acceptors (Lipinski definition) is 26. The van der Waals surface area contributed by atoms with Gasteiger partial charge in [0, 0.05) is 146 Å². The Hall–Kier alpha value is -5.94. The highest BCUT2D eigenvalue weighted by Gasteiger charge is 2.57. The van der Waals surface area contributed by atoms with Crippen molar-refractivity contribution in [1.82, 2.24) is 40.9 Å². The molecule has 13 rings (SSSR count). The van der Waals surface area contributed by atoms with E-state index in [9.17, 15) is 38.4 Å². The number of hydrogen-bond donors (Lipinski definition) is 4. The molecule has 11 fully saturated rings. The Morgan fingerprint density at radius 2 is 0.608 bits per heavy atom. The van der Waals surface area contributed by atoms with Gasteiger partial charge in [0.1, 0.15) is 5.75 Å². The summed E-state index contributed by atoms with van der Waals surface area (Å²) < 4.78 is 53.3. The van der Waals surface area contributed by atoms with E-state index in [1.165, 1.54) is 53.8 Å². The number of nitrogens with zero attached hydrogens (tertiary/aromatic N) is 4. The molecule has 11 aliphatic rings. The quantitative estimate of drug-likeness (QED) is 0.0577. The van der Waals surface area contributed by atoms with Crippen molar-refractivity contribution in [3.8, 4) is 5.75 Å². The molecule has 0 spiro atoms. The van der Waals surface area contributed by atoms with Crippen LogP contribution in [0, 0.1) is 71.0 Å². The summed E-state index contributed by atoms with van der Waals surface area (Å²) in [6.45, 7) is 80.7. The molecule has 26 nitrogen and oxygen atoms in total. The zero-order valence-electron chi connectivity index (χ0n) is 98.4. The Balaban J connectivity index is 0.000000254. The second kappa shape index (κ2) is 49.0. The maximum Gasteiger partial charge on any atom is 0.337 e. The van der Waals surface area contributed by atoms with E-state index in [0.29, 0.717) is 86.1 Å². The van der Waals surface area contributed by atoms with Crippen LogP contribution in [-0.4, -0.2) is 258 Å².